The van der Waals surface area contributed by atoms with E-state index in [1.165, 1.54) is 12.0 Å². The van der Waals surface area contributed by atoms with Crippen molar-refractivity contribution in [3.8, 4) is 0 Å². The van der Waals surface area contributed by atoms with E-state index in [0.29, 0.717) is 0 Å². The van der Waals surface area contributed by atoms with Crippen LogP contribution in [-0.2, 0) is 12.0 Å². The Balaban J connectivity index is 2.40. The van der Waals surface area contributed by atoms with Crippen LogP contribution < -0.4 is 5.32 Å². The molecule has 0 radical (unpaired) electrons. The molecule has 0 amide bonds. The van der Waals surface area contributed by atoms with Gasteiger partial charge in [0.2, 0.25) is 0 Å². The Hall–Kier alpha value is -0.830. The average Bonchev–Trinajstić information content (AvgIpc) is 2.60. The minimum Gasteiger partial charge on any atom is -0.317 e. The second kappa shape index (κ2) is 5.31. The molecule has 3 nitrogen and oxygen atoms in total. The van der Waals surface area contributed by atoms with E-state index < -0.39 is 0 Å². The summed E-state index contributed by atoms with van der Waals surface area (Å²) in [4.78, 5) is 0. The zero-order valence-corrected chi connectivity index (χ0v) is 10.4. The molecule has 0 saturated heterocycles. The van der Waals surface area contributed by atoms with E-state index >= 15 is 0 Å². The van der Waals surface area contributed by atoms with Gasteiger partial charge in [-0.3, -0.25) is 4.68 Å². The summed E-state index contributed by atoms with van der Waals surface area (Å²) in [6, 6.07) is 0. The van der Waals surface area contributed by atoms with Crippen LogP contribution in [0.4, 0.5) is 0 Å². The van der Waals surface area contributed by atoms with Crippen LogP contribution in [0.2, 0.25) is 0 Å². The van der Waals surface area contributed by atoms with Crippen molar-refractivity contribution in [3.63, 3.8) is 0 Å². The van der Waals surface area contributed by atoms with Gasteiger partial charge in [0.05, 0.1) is 11.7 Å². The van der Waals surface area contributed by atoms with Crippen LogP contribution in [-0.4, -0.2) is 22.9 Å². The van der Waals surface area contributed by atoms with Gasteiger partial charge in [-0.05, 0) is 52.3 Å². The number of rotatable bonds is 5. The fourth-order valence-electron chi connectivity index (χ4n) is 1.45. The predicted octanol–water partition coefficient (Wildman–Crippen LogP) is 2.18. The number of hydrogen-bond acceptors (Lipinski definition) is 2. The van der Waals surface area contributed by atoms with Crippen LogP contribution in [0.25, 0.3) is 0 Å². The summed E-state index contributed by atoms with van der Waals surface area (Å²) in [6.07, 6.45) is 6.44. The highest BCUT2D eigenvalue weighted by Crippen LogP contribution is 2.13. The molecule has 0 aliphatic carbocycles. The molecular weight excluding hydrogens is 186 g/mol. The number of nitrogens with zero attached hydrogens (tertiary/aromatic N) is 2. The van der Waals surface area contributed by atoms with Crippen LogP contribution in [0.3, 0.4) is 0 Å². The SMILES string of the molecule is CCNCCCc1cnn(C(C)(C)C)c1. The molecular formula is C12H23N3. The van der Waals surface area contributed by atoms with Crippen molar-refractivity contribution in [2.75, 3.05) is 13.1 Å². The normalized spacial score (nSPS) is 12.0. The van der Waals surface area contributed by atoms with Crippen molar-refractivity contribution in [2.45, 2.75) is 46.1 Å². The van der Waals surface area contributed by atoms with Gasteiger partial charge in [0.1, 0.15) is 0 Å². The lowest BCUT2D eigenvalue weighted by Crippen LogP contribution is -2.21. The Morgan fingerprint density at radius 1 is 1.40 bits per heavy atom. The first kappa shape index (κ1) is 12.2. The number of hydrogen-bond donors (Lipinski definition) is 1. The van der Waals surface area contributed by atoms with E-state index in [2.05, 4.69) is 44.3 Å². The zero-order valence-electron chi connectivity index (χ0n) is 10.4. The molecule has 15 heavy (non-hydrogen) atoms. The van der Waals surface area contributed by atoms with Crippen LogP contribution >= 0.6 is 0 Å². The quantitative estimate of drug-likeness (QED) is 0.753. The molecule has 0 aliphatic rings. The summed E-state index contributed by atoms with van der Waals surface area (Å²) in [5, 5.41) is 7.71. The topological polar surface area (TPSA) is 29.9 Å². The van der Waals surface area contributed by atoms with Crippen LogP contribution in [0.15, 0.2) is 12.4 Å². The fraction of sp³-hybridized carbons (Fsp3) is 0.750. The molecule has 1 aromatic rings. The van der Waals surface area contributed by atoms with Gasteiger partial charge in [0.25, 0.3) is 0 Å². The minimum absolute atomic E-state index is 0.0971. The minimum atomic E-state index is 0.0971. The first-order valence-electron chi connectivity index (χ1n) is 5.79. The lowest BCUT2D eigenvalue weighted by molar-refractivity contribution is 0.355. The number of nitrogens with one attached hydrogen (secondary N) is 1. The molecule has 3 heteroatoms. The van der Waals surface area contributed by atoms with E-state index in [0.717, 1.165) is 19.5 Å². The molecule has 0 aromatic carbocycles. The standard InChI is InChI=1S/C12H23N3/c1-5-13-8-6-7-11-9-14-15(10-11)12(2,3)4/h9-10,13H,5-8H2,1-4H3. The van der Waals surface area contributed by atoms with Crippen molar-refractivity contribution in [1.82, 2.24) is 15.1 Å². The lowest BCUT2D eigenvalue weighted by atomic mass is 10.1. The summed E-state index contributed by atoms with van der Waals surface area (Å²) < 4.78 is 2.04. The third-order valence-electron chi connectivity index (χ3n) is 2.39. The maximum atomic E-state index is 4.38. The van der Waals surface area contributed by atoms with Gasteiger partial charge < -0.3 is 5.32 Å². The van der Waals surface area contributed by atoms with Crippen LogP contribution in [0.5, 0.6) is 0 Å². The van der Waals surface area contributed by atoms with Crippen LogP contribution in [0.1, 0.15) is 39.7 Å². The van der Waals surface area contributed by atoms with E-state index in [1.54, 1.807) is 0 Å². The van der Waals surface area contributed by atoms with Crippen molar-refractivity contribution < 1.29 is 0 Å². The zero-order chi connectivity index (χ0) is 11.3. The summed E-state index contributed by atoms with van der Waals surface area (Å²) in [5.74, 6) is 0. The molecule has 0 unspecified atom stereocenters. The lowest BCUT2D eigenvalue weighted by Gasteiger charge is -2.18. The molecule has 1 N–H and O–H groups in total. The molecule has 86 valence electrons. The van der Waals surface area contributed by atoms with E-state index in [9.17, 15) is 0 Å². The van der Waals surface area contributed by atoms with Crippen LogP contribution in [0, 0.1) is 0 Å². The third kappa shape index (κ3) is 4.04. The van der Waals surface area contributed by atoms with Crippen molar-refractivity contribution in [2.24, 2.45) is 0 Å². The highest BCUT2D eigenvalue weighted by Gasteiger charge is 2.13. The predicted molar refractivity (Wildman–Crippen MR) is 64.1 cm³/mol. The first-order valence-corrected chi connectivity index (χ1v) is 5.79. The fourth-order valence-corrected chi connectivity index (χ4v) is 1.45. The molecule has 1 aromatic heterocycles. The summed E-state index contributed by atoms with van der Waals surface area (Å²) in [5.41, 5.74) is 1.43. The number of aryl methyl sites for hydroxylation is 1. The van der Waals surface area contributed by atoms with Gasteiger partial charge in [0, 0.05) is 6.20 Å². The van der Waals surface area contributed by atoms with E-state index in [-0.39, 0.29) is 5.54 Å². The van der Waals surface area contributed by atoms with Gasteiger partial charge in [-0.25, -0.2) is 0 Å². The van der Waals surface area contributed by atoms with Crippen molar-refractivity contribution >= 4 is 0 Å². The third-order valence-corrected chi connectivity index (χ3v) is 2.39. The molecule has 1 heterocycles. The Morgan fingerprint density at radius 3 is 2.67 bits per heavy atom. The molecule has 0 aliphatic heterocycles. The molecule has 0 atom stereocenters. The highest BCUT2D eigenvalue weighted by atomic mass is 15.3. The van der Waals surface area contributed by atoms with E-state index in [4.69, 9.17) is 0 Å². The maximum Gasteiger partial charge on any atom is 0.0543 e. The Kier molecular flexibility index (Phi) is 4.33. The molecule has 0 saturated carbocycles. The Morgan fingerprint density at radius 2 is 2.13 bits per heavy atom. The van der Waals surface area contributed by atoms with Gasteiger partial charge in [-0.15, -0.1) is 0 Å². The second-order valence-electron chi connectivity index (χ2n) is 4.92. The van der Waals surface area contributed by atoms with Gasteiger partial charge in [-0.1, -0.05) is 6.92 Å². The maximum absolute atomic E-state index is 4.38. The molecule has 0 bridgehead atoms. The smallest absolute Gasteiger partial charge is 0.0543 e. The molecule has 0 fully saturated rings. The summed E-state index contributed by atoms with van der Waals surface area (Å²) in [6.45, 7) is 10.8. The Bertz CT molecular complexity index is 283. The van der Waals surface area contributed by atoms with Crippen molar-refractivity contribution in [1.29, 1.82) is 0 Å². The molecule has 0 spiro atoms. The second-order valence-corrected chi connectivity index (χ2v) is 4.92. The van der Waals surface area contributed by atoms with Crippen molar-refractivity contribution in [3.05, 3.63) is 18.0 Å². The monoisotopic (exact) mass is 209 g/mol. The summed E-state index contributed by atoms with van der Waals surface area (Å²) in [7, 11) is 0. The molecule has 1 rings (SSSR count). The number of aromatic nitrogens is 2. The van der Waals surface area contributed by atoms with Gasteiger partial charge in [-0.2, -0.15) is 5.10 Å². The Labute approximate surface area is 92.9 Å². The average molecular weight is 209 g/mol. The van der Waals surface area contributed by atoms with E-state index in [1.807, 2.05) is 10.9 Å². The summed E-state index contributed by atoms with van der Waals surface area (Å²) >= 11 is 0. The van der Waals surface area contributed by atoms with Gasteiger partial charge in [0.15, 0.2) is 0 Å². The first-order chi connectivity index (χ1) is 7.04. The largest absolute Gasteiger partial charge is 0.317 e. The highest BCUT2D eigenvalue weighted by molar-refractivity contribution is 5.05. The van der Waals surface area contributed by atoms with Gasteiger partial charge >= 0.3 is 0 Å².